The van der Waals surface area contributed by atoms with Crippen LogP contribution in [0.15, 0.2) is 30.3 Å². The molecule has 0 aliphatic heterocycles. The average molecular weight is 273 g/mol. The third-order valence-electron chi connectivity index (χ3n) is 3.21. The molecular weight excluding hydrogens is 254 g/mol. The van der Waals surface area contributed by atoms with Gasteiger partial charge in [-0.05, 0) is 51.0 Å². The molecule has 2 aromatic rings. The summed E-state index contributed by atoms with van der Waals surface area (Å²) in [6.07, 6.45) is 0. The lowest BCUT2D eigenvalue weighted by molar-refractivity contribution is 0.0944. The minimum atomic E-state index is 0.00602. The number of carbonyl (C=O) groups excluding carboxylic acids is 1. The molecule has 1 aromatic carbocycles. The number of thiophene rings is 1. The van der Waals surface area contributed by atoms with Gasteiger partial charge in [0.25, 0.3) is 5.91 Å². The lowest BCUT2D eigenvalue weighted by Crippen LogP contribution is -2.26. The van der Waals surface area contributed by atoms with Crippen LogP contribution in [0.25, 0.3) is 0 Å². The van der Waals surface area contributed by atoms with E-state index in [9.17, 15) is 4.79 Å². The fourth-order valence-electron chi connectivity index (χ4n) is 2.13. The number of amides is 1. The molecule has 1 atom stereocenters. The summed E-state index contributed by atoms with van der Waals surface area (Å²) >= 11 is 1.53. The third-order valence-corrected chi connectivity index (χ3v) is 4.21. The quantitative estimate of drug-likeness (QED) is 0.893. The summed E-state index contributed by atoms with van der Waals surface area (Å²) in [4.78, 5) is 14.1. The van der Waals surface area contributed by atoms with Gasteiger partial charge in [-0.25, -0.2) is 0 Å². The largest absolute Gasteiger partial charge is 0.345 e. The Labute approximate surface area is 118 Å². The van der Waals surface area contributed by atoms with Crippen molar-refractivity contribution in [2.75, 3.05) is 0 Å². The molecule has 100 valence electrons. The number of nitrogens with one attached hydrogen (secondary N) is 1. The van der Waals surface area contributed by atoms with Gasteiger partial charge in [-0.3, -0.25) is 4.79 Å². The van der Waals surface area contributed by atoms with Gasteiger partial charge in [-0.15, -0.1) is 11.3 Å². The van der Waals surface area contributed by atoms with Crippen LogP contribution in [-0.4, -0.2) is 5.91 Å². The predicted octanol–water partition coefficient (Wildman–Crippen LogP) is 4.16. The maximum atomic E-state index is 12.1. The van der Waals surface area contributed by atoms with E-state index in [-0.39, 0.29) is 11.9 Å². The van der Waals surface area contributed by atoms with Crippen molar-refractivity contribution in [2.24, 2.45) is 0 Å². The topological polar surface area (TPSA) is 29.1 Å². The molecule has 0 saturated carbocycles. The summed E-state index contributed by atoms with van der Waals surface area (Å²) in [7, 11) is 0. The smallest absolute Gasteiger partial charge is 0.261 e. The molecule has 0 bridgehead atoms. The van der Waals surface area contributed by atoms with Crippen LogP contribution in [-0.2, 0) is 0 Å². The van der Waals surface area contributed by atoms with Crippen molar-refractivity contribution in [3.63, 3.8) is 0 Å². The first-order valence-corrected chi connectivity index (χ1v) is 7.23. The van der Waals surface area contributed by atoms with Crippen LogP contribution in [0.5, 0.6) is 0 Å². The molecule has 1 amide bonds. The highest BCUT2D eigenvalue weighted by molar-refractivity contribution is 7.13. The van der Waals surface area contributed by atoms with Crippen LogP contribution in [0.2, 0.25) is 0 Å². The Kier molecular flexibility index (Phi) is 4.05. The zero-order chi connectivity index (χ0) is 14.0. The van der Waals surface area contributed by atoms with Gasteiger partial charge < -0.3 is 5.32 Å². The lowest BCUT2D eigenvalue weighted by atomic mass is 10.00. The fraction of sp³-hybridized carbons (Fsp3) is 0.312. The van der Waals surface area contributed by atoms with Crippen molar-refractivity contribution < 1.29 is 4.79 Å². The van der Waals surface area contributed by atoms with Crippen LogP contribution in [0.4, 0.5) is 0 Å². The van der Waals surface area contributed by atoms with Crippen LogP contribution in [0.3, 0.4) is 0 Å². The van der Waals surface area contributed by atoms with E-state index in [0.717, 1.165) is 9.75 Å². The molecule has 1 unspecified atom stereocenters. The second kappa shape index (κ2) is 5.57. The predicted molar refractivity (Wildman–Crippen MR) is 80.9 cm³/mol. The van der Waals surface area contributed by atoms with E-state index in [4.69, 9.17) is 0 Å². The number of benzene rings is 1. The minimum Gasteiger partial charge on any atom is -0.345 e. The zero-order valence-electron chi connectivity index (χ0n) is 11.8. The molecule has 1 N–H and O–H groups in total. The highest BCUT2D eigenvalue weighted by Crippen LogP contribution is 2.21. The first kappa shape index (κ1) is 13.8. The molecule has 1 heterocycles. The van der Waals surface area contributed by atoms with Gasteiger partial charge in [0, 0.05) is 4.88 Å². The molecule has 0 spiro atoms. The van der Waals surface area contributed by atoms with Crippen LogP contribution >= 0.6 is 11.3 Å². The molecule has 1 aromatic heterocycles. The molecule has 3 heteroatoms. The van der Waals surface area contributed by atoms with Crippen LogP contribution < -0.4 is 5.32 Å². The maximum absolute atomic E-state index is 12.1. The second-order valence-electron chi connectivity index (χ2n) is 4.97. The van der Waals surface area contributed by atoms with Crippen molar-refractivity contribution in [3.05, 3.63) is 56.8 Å². The van der Waals surface area contributed by atoms with Gasteiger partial charge in [0.05, 0.1) is 10.9 Å². The van der Waals surface area contributed by atoms with Crippen LogP contribution in [0.1, 0.15) is 44.2 Å². The first-order chi connectivity index (χ1) is 8.97. The van der Waals surface area contributed by atoms with Gasteiger partial charge in [0.2, 0.25) is 0 Å². The Balaban J connectivity index is 2.14. The normalized spacial score (nSPS) is 12.2. The Hall–Kier alpha value is -1.61. The van der Waals surface area contributed by atoms with Crippen molar-refractivity contribution in [1.29, 1.82) is 0 Å². The molecule has 2 rings (SSSR count). The molecule has 2 nitrogen and oxygen atoms in total. The molecule has 0 saturated heterocycles. The van der Waals surface area contributed by atoms with Gasteiger partial charge in [-0.2, -0.15) is 0 Å². The average Bonchev–Trinajstić information content (AvgIpc) is 2.79. The Morgan fingerprint density at radius 3 is 2.53 bits per heavy atom. The number of carbonyl (C=O) groups is 1. The Bertz CT molecular complexity index is 601. The third kappa shape index (κ3) is 3.24. The number of aryl methyl sites for hydroxylation is 3. The first-order valence-electron chi connectivity index (χ1n) is 6.42. The van der Waals surface area contributed by atoms with Crippen molar-refractivity contribution in [2.45, 2.75) is 33.7 Å². The summed E-state index contributed by atoms with van der Waals surface area (Å²) < 4.78 is 0. The van der Waals surface area contributed by atoms with Crippen LogP contribution in [0, 0.1) is 20.8 Å². The van der Waals surface area contributed by atoms with E-state index in [0.29, 0.717) is 0 Å². The zero-order valence-corrected chi connectivity index (χ0v) is 12.6. The van der Waals surface area contributed by atoms with E-state index in [2.05, 4.69) is 37.4 Å². The molecule has 0 radical (unpaired) electrons. The molecule has 19 heavy (non-hydrogen) atoms. The van der Waals surface area contributed by atoms with Crippen molar-refractivity contribution in [3.8, 4) is 0 Å². The van der Waals surface area contributed by atoms with Crippen molar-refractivity contribution >= 4 is 17.2 Å². The summed E-state index contributed by atoms with van der Waals surface area (Å²) in [5, 5.41) is 3.07. The fourth-order valence-corrected chi connectivity index (χ4v) is 2.90. The molecule has 0 fully saturated rings. The highest BCUT2D eigenvalue weighted by Gasteiger charge is 2.14. The van der Waals surface area contributed by atoms with E-state index in [1.807, 2.05) is 26.0 Å². The van der Waals surface area contributed by atoms with Gasteiger partial charge in [0.1, 0.15) is 0 Å². The monoisotopic (exact) mass is 273 g/mol. The van der Waals surface area contributed by atoms with E-state index in [1.165, 1.54) is 28.0 Å². The number of hydrogen-bond donors (Lipinski definition) is 1. The number of rotatable bonds is 3. The molecule has 0 aliphatic rings. The van der Waals surface area contributed by atoms with E-state index >= 15 is 0 Å². The summed E-state index contributed by atoms with van der Waals surface area (Å²) in [6.45, 7) is 8.18. The standard InChI is InChI=1S/C16H19NOS/c1-10-5-6-11(2)14(9-10)13(4)17-16(18)15-8-7-12(3)19-15/h5-9,13H,1-4H3,(H,17,18). The second-order valence-corrected chi connectivity index (χ2v) is 6.25. The lowest BCUT2D eigenvalue weighted by Gasteiger charge is -2.17. The van der Waals surface area contributed by atoms with Gasteiger partial charge in [-0.1, -0.05) is 23.8 Å². The van der Waals surface area contributed by atoms with E-state index in [1.54, 1.807) is 0 Å². The number of hydrogen-bond acceptors (Lipinski definition) is 2. The summed E-state index contributed by atoms with van der Waals surface area (Å²) in [5.74, 6) is 0.00602. The maximum Gasteiger partial charge on any atom is 0.261 e. The SMILES string of the molecule is Cc1ccc(C)c(C(C)NC(=O)c2ccc(C)s2)c1. The summed E-state index contributed by atoms with van der Waals surface area (Å²) in [6, 6.07) is 10.2. The van der Waals surface area contributed by atoms with Crippen molar-refractivity contribution in [1.82, 2.24) is 5.32 Å². The molecular formula is C16H19NOS. The van der Waals surface area contributed by atoms with Gasteiger partial charge >= 0.3 is 0 Å². The summed E-state index contributed by atoms with van der Waals surface area (Å²) in [5.41, 5.74) is 3.61. The highest BCUT2D eigenvalue weighted by atomic mass is 32.1. The Morgan fingerprint density at radius 1 is 1.16 bits per heavy atom. The van der Waals surface area contributed by atoms with E-state index < -0.39 is 0 Å². The Morgan fingerprint density at radius 2 is 1.89 bits per heavy atom. The minimum absolute atomic E-state index is 0.00602. The van der Waals surface area contributed by atoms with Gasteiger partial charge in [0.15, 0.2) is 0 Å². The molecule has 0 aliphatic carbocycles.